The molecule has 1 N–H and O–H groups in total. The number of imide groups is 1. The first-order valence-electron chi connectivity index (χ1n) is 10.3. The molecule has 0 bridgehead atoms. The van der Waals surface area contributed by atoms with Crippen molar-refractivity contribution in [3.63, 3.8) is 0 Å². The third-order valence-corrected chi connectivity index (χ3v) is 5.94. The molecule has 3 rings (SSSR count). The zero-order valence-corrected chi connectivity index (χ0v) is 20.1. The van der Waals surface area contributed by atoms with Crippen molar-refractivity contribution < 1.29 is 31.2 Å². The van der Waals surface area contributed by atoms with Crippen LogP contribution in [0, 0.1) is 4.77 Å². The molecule has 9 nitrogen and oxygen atoms in total. The van der Waals surface area contributed by atoms with E-state index in [0.29, 0.717) is 25.9 Å². The third kappa shape index (κ3) is 4.07. The van der Waals surface area contributed by atoms with E-state index in [9.17, 15) is 19.5 Å². The second-order valence-corrected chi connectivity index (χ2v) is 7.46. The van der Waals surface area contributed by atoms with Gasteiger partial charge in [-0.2, -0.15) is 0 Å². The van der Waals surface area contributed by atoms with Crippen molar-refractivity contribution in [1.82, 2.24) is 14.0 Å². The number of rotatable bonds is 7. The van der Waals surface area contributed by atoms with Crippen molar-refractivity contribution in [3.8, 4) is 5.88 Å². The quantitative estimate of drug-likeness (QED) is 0.263. The molecule has 0 atom stereocenters. The van der Waals surface area contributed by atoms with Crippen LogP contribution in [0.5, 0.6) is 5.88 Å². The fourth-order valence-corrected chi connectivity index (χ4v) is 4.21. The molecule has 2 aromatic rings. The second-order valence-electron chi connectivity index (χ2n) is 7.10. The fraction of sp³-hybridized carbons (Fsp3) is 0.429. The van der Waals surface area contributed by atoms with E-state index in [1.54, 1.807) is 32.0 Å². The van der Waals surface area contributed by atoms with Gasteiger partial charge in [-0.25, -0.2) is 0 Å². The van der Waals surface area contributed by atoms with Gasteiger partial charge in [0, 0.05) is 19.1 Å². The van der Waals surface area contributed by atoms with E-state index in [1.807, 2.05) is 13.8 Å². The maximum atomic E-state index is 13.0. The minimum Gasteiger partial charge on any atom is -0.493 e. The van der Waals surface area contributed by atoms with Crippen LogP contribution in [-0.2, 0) is 29.6 Å². The van der Waals surface area contributed by atoms with Gasteiger partial charge >= 0.3 is 16.5 Å². The first-order valence-corrected chi connectivity index (χ1v) is 10.7. The molecule has 2 heterocycles. The molecular formula is C21H25N5NiO4S+2. The van der Waals surface area contributed by atoms with Crippen LogP contribution < -0.4 is 5.56 Å². The van der Waals surface area contributed by atoms with E-state index in [-0.39, 0.29) is 61.6 Å². The summed E-state index contributed by atoms with van der Waals surface area (Å²) < 4.78 is 2.88. The summed E-state index contributed by atoms with van der Waals surface area (Å²) in [6.45, 7) is 8.03. The zero-order chi connectivity index (χ0) is 22.9. The van der Waals surface area contributed by atoms with Crippen LogP contribution in [0.15, 0.2) is 33.2 Å². The standard InChI is InChI=1S/C21H25N5O4S.Ni/c1-5-12(6-2)26-17(27)13-10-9-11-14(15(13)18(26)28)22-23-16-19(29)24(7-3)21(31)25(8-4)20(16)30;/h9-12,29H,5-8H2,1-4H3;/q;+2. The summed E-state index contributed by atoms with van der Waals surface area (Å²) in [5.74, 6) is -1.18. The number of aromatic nitrogens is 2. The van der Waals surface area contributed by atoms with Crippen molar-refractivity contribution in [3.05, 3.63) is 44.5 Å². The number of hydrogen-bond acceptors (Lipinski definition) is 7. The Bertz CT molecular complexity index is 1200. The van der Waals surface area contributed by atoms with E-state index < -0.39 is 11.5 Å². The van der Waals surface area contributed by atoms with Crippen molar-refractivity contribution in [2.24, 2.45) is 10.2 Å². The van der Waals surface area contributed by atoms with Gasteiger partial charge in [0.25, 0.3) is 17.4 Å². The molecule has 1 aliphatic heterocycles. The molecular weight excluding hydrogens is 477 g/mol. The summed E-state index contributed by atoms with van der Waals surface area (Å²) in [5.41, 5.74) is -0.276. The number of carbonyl (C=O) groups is 2. The molecule has 0 spiro atoms. The first kappa shape index (κ1) is 25.6. The van der Waals surface area contributed by atoms with Crippen LogP contribution in [0.4, 0.5) is 11.4 Å². The van der Waals surface area contributed by atoms with Crippen molar-refractivity contribution in [2.45, 2.75) is 59.7 Å². The van der Waals surface area contributed by atoms with Crippen molar-refractivity contribution in [2.75, 3.05) is 0 Å². The van der Waals surface area contributed by atoms with Gasteiger partial charge in [0.1, 0.15) is 0 Å². The summed E-state index contributed by atoms with van der Waals surface area (Å²) in [5, 5.41) is 18.6. The van der Waals surface area contributed by atoms with Gasteiger partial charge in [-0.15, -0.1) is 10.2 Å². The number of aromatic hydroxyl groups is 1. The number of benzene rings is 1. The molecule has 0 saturated heterocycles. The van der Waals surface area contributed by atoms with Gasteiger partial charge in [0.05, 0.1) is 16.8 Å². The number of fused-ring (bicyclic) bond motifs is 1. The molecule has 32 heavy (non-hydrogen) atoms. The van der Waals surface area contributed by atoms with E-state index in [1.165, 1.54) is 14.0 Å². The summed E-state index contributed by atoms with van der Waals surface area (Å²) >= 11 is 5.26. The molecule has 0 fully saturated rings. The predicted octanol–water partition coefficient (Wildman–Crippen LogP) is 4.32. The molecule has 1 aromatic heterocycles. The Balaban J connectivity index is 0.00000363. The van der Waals surface area contributed by atoms with Gasteiger partial charge < -0.3 is 5.11 Å². The number of amides is 2. The Morgan fingerprint density at radius 2 is 1.59 bits per heavy atom. The van der Waals surface area contributed by atoms with Crippen LogP contribution in [-0.4, -0.2) is 37.0 Å². The Labute approximate surface area is 200 Å². The first-order chi connectivity index (χ1) is 14.8. The Hall–Kier alpha value is -2.65. The summed E-state index contributed by atoms with van der Waals surface area (Å²) in [7, 11) is 0. The SMILES string of the molecule is CCC(CC)N1C(=O)c2cccc(N=Nc3c(O)n(CC)c(=S)n(CC)c3=O)c2C1=O.[Ni+2]. The van der Waals surface area contributed by atoms with Gasteiger partial charge in [-0.1, -0.05) is 19.9 Å². The van der Waals surface area contributed by atoms with Crippen LogP contribution >= 0.6 is 12.2 Å². The van der Waals surface area contributed by atoms with E-state index in [0.717, 1.165) is 0 Å². The second kappa shape index (κ2) is 10.3. The van der Waals surface area contributed by atoms with Crippen LogP contribution in [0.3, 0.4) is 0 Å². The summed E-state index contributed by atoms with van der Waals surface area (Å²) in [6.07, 6.45) is 1.29. The van der Waals surface area contributed by atoms with Crippen LogP contribution in [0.1, 0.15) is 61.3 Å². The Morgan fingerprint density at radius 3 is 2.16 bits per heavy atom. The van der Waals surface area contributed by atoms with Gasteiger partial charge in [0.15, 0.2) is 4.77 Å². The molecule has 0 unspecified atom stereocenters. The largest absolute Gasteiger partial charge is 2.00 e. The molecule has 172 valence electrons. The summed E-state index contributed by atoms with van der Waals surface area (Å²) in [4.78, 5) is 39.9. The molecule has 1 aliphatic rings. The topological polar surface area (TPSA) is 109 Å². The minimum atomic E-state index is -0.577. The minimum absolute atomic E-state index is 0. The van der Waals surface area contributed by atoms with E-state index in [2.05, 4.69) is 10.2 Å². The van der Waals surface area contributed by atoms with E-state index >= 15 is 0 Å². The van der Waals surface area contributed by atoms with Crippen molar-refractivity contribution >= 4 is 35.4 Å². The smallest absolute Gasteiger partial charge is 0.493 e. The maximum absolute atomic E-state index is 13.0. The summed E-state index contributed by atoms with van der Waals surface area (Å²) in [6, 6.07) is 4.53. The number of hydrogen-bond donors (Lipinski definition) is 1. The molecule has 0 saturated carbocycles. The molecule has 0 radical (unpaired) electrons. The Morgan fingerprint density at radius 1 is 0.969 bits per heavy atom. The van der Waals surface area contributed by atoms with Crippen LogP contribution in [0.2, 0.25) is 0 Å². The molecule has 2 amide bonds. The zero-order valence-electron chi connectivity index (χ0n) is 18.3. The third-order valence-electron chi connectivity index (χ3n) is 5.50. The predicted molar refractivity (Wildman–Crippen MR) is 118 cm³/mol. The average Bonchev–Trinajstić information content (AvgIpc) is 3.01. The number of nitrogens with zero attached hydrogens (tertiary/aromatic N) is 5. The Kier molecular flexibility index (Phi) is 8.25. The van der Waals surface area contributed by atoms with Crippen molar-refractivity contribution in [1.29, 1.82) is 0 Å². The van der Waals surface area contributed by atoms with Gasteiger partial charge in [0.2, 0.25) is 11.6 Å². The molecule has 1 aromatic carbocycles. The van der Waals surface area contributed by atoms with E-state index in [4.69, 9.17) is 12.2 Å². The van der Waals surface area contributed by atoms with Gasteiger partial charge in [-0.3, -0.25) is 28.4 Å². The average molecular weight is 502 g/mol. The molecule has 11 heteroatoms. The fourth-order valence-electron chi connectivity index (χ4n) is 3.78. The maximum Gasteiger partial charge on any atom is 2.00 e. The van der Waals surface area contributed by atoms with Crippen LogP contribution in [0.25, 0.3) is 0 Å². The normalized spacial score (nSPS) is 13.2. The molecule has 0 aliphatic carbocycles. The monoisotopic (exact) mass is 501 g/mol. The number of carbonyl (C=O) groups excluding carboxylic acids is 2. The number of azo groups is 1. The van der Waals surface area contributed by atoms with Gasteiger partial charge in [-0.05, 0) is 51.0 Å².